The van der Waals surface area contributed by atoms with Crippen LogP contribution in [0.4, 0.5) is 0 Å². The zero-order chi connectivity index (χ0) is 11.7. The van der Waals surface area contributed by atoms with E-state index in [1.807, 2.05) is 11.3 Å². The number of halogens is 1. The Morgan fingerprint density at radius 1 is 1.50 bits per heavy atom. The minimum Gasteiger partial charge on any atom is -0.312 e. The Labute approximate surface area is 119 Å². The fourth-order valence-electron chi connectivity index (χ4n) is 2.62. The normalized spacial score (nSPS) is 25.5. The molecule has 18 heavy (non-hydrogen) atoms. The van der Waals surface area contributed by atoms with Crippen LogP contribution >= 0.6 is 23.7 Å². The van der Waals surface area contributed by atoms with Gasteiger partial charge in [-0.25, -0.2) is 4.98 Å². The molecule has 1 aliphatic carbocycles. The maximum atomic E-state index is 4.60. The van der Waals surface area contributed by atoms with E-state index in [1.165, 1.54) is 35.7 Å². The molecule has 2 fully saturated rings. The molecule has 3 rings (SSSR count). The van der Waals surface area contributed by atoms with Crippen LogP contribution < -0.4 is 5.32 Å². The molecule has 102 valence electrons. The standard InChI is InChI=1S/C13H21N3S.ClH/c1-10-8-16(6-5-14-10)9-12-7-15-13(17-12)11-3-2-4-11;/h7,10-11,14H,2-6,8-9H2,1H3;1H. The molecule has 3 nitrogen and oxygen atoms in total. The number of piperazine rings is 1. The second-order valence-corrected chi connectivity index (χ2v) is 6.53. The molecule has 1 saturated carbocycles. The van der Waals surface area contributed by atoms with Crippen LogP contribution in [0.3, 0.4) is 0 Å². The minimum absolute atomic E-state index is 0. The highest BCUT2D eigenvalue weighted by Gasteiger charge is 2.23. The smallest absolute Gasteiger partial charge is 0.0959 e. The van der Waals surface area contributed by atoms with E-state index in [4.69, 9.17) is 0 Å². The summed E-state index contributed by atoms with van der Waals surface area (Å²) in [6, 6.07) is 0.628. The fourth-order valence-corrected chi connectivity index (χ4v) is 3.74. The maximum Gasteiger partial charge on any atom is 0.0959 e. The highest BCUT2D eigenvalue weighted by atomic mass is 35.5. The summed E-state index contributed by atoms with van der Waals surface area (Å²) in [5, 5.41) is 4.87. The first-order valence-electron chi connectivity index (χ1n) is 6.71. The van der Waals surface area contributed by atoms with Gasteiger partial charge in [-0.3, -0.25) is 4.90 Å². The molecule has 1 saturated heterocycles. The van der Waals surface area contributed by atoms with E-state index in [-0.39, 0.29) is 12.4 Å². The Bertz CT molecular complexity index is 378. The fraction of sp³-hybridized carbons (Fsp3) is 0.769. The van der Waals surface area contributed by atoms with Crippen LogP contribution in [0.2, 0.25) is 0 Å². The Morgan fingerprint density at radius 2 is 2.33 bits per heavy atom. The molecule has 1 N–H and O–H groups in total. The predicted octanol–water partition coefficient (Wildman–Crippen LogP) is 2.63. The van der Waals surface area contributed by atoms with Crippen molar-refractivity contribution in [3.05, 3.63) is 16.1 Å². The van der Waals surface area contributed by atoms with Crippen LogP contribution in [0.25, 0.3) is 0 Å². The first kappa shape index (κ1) is 14.3. The highest BCUT2D eigenvalue weighted by Crippen LogP contribution is 2.38. The van der Waals surface area contributed by atoms with Crippen molar-refractivity contribution in [2.75, 3.05) is 19.6 Å². The van der Waals surface area contributed by atoms with Gasteiger partial charge >= 0.3 is 0 Å². The van der Waals surface area contributed by atoms with E-state index in [9.17, 15) is 0 Å². The van der Waals surface area contributed by atoms with E-state index in [0.29, 0.717) is 6.04 Å². The number of nitrogens with zero attached hydrogens (tertiary/aromatic N) is 2. The molecule has 1 unspecified atom stereocenters. The molecule has 5 heteroatoms. The zero-order valence-corrected chi connectivity index (χ0v) is 12.5. The lowest BCUT2D eigenvalue weighted by molar-refractivity contribution is 0.201. The first-order chi connectivity index (χ1) is 8.31. The summed E-state index contributed by atoms with van der Waals surface area (Å²) in [6.07, 6.45) is 6.22. The topological polar surface area (TPSA) is 28.2 Å². The summed E-state index contributed by atoms with van der Waals surface area (Å²) in [4.78, 5) is 8.59. The Balaban J connectivity index is 0.00000120. The second-order valence-electron chi connectivity index (χ2n) is 5.38. The number of rotatable bonds is 3. The van der Waals surface area contributed by atoms with Gasteiger partial charge < -0.3 is 5.32 Å². The monoisotopic (exact) mass is 287 g/mol. The van der Waals surface area contributed by atoms with Crippen LogP contribution in [-0.2, 0) is 6.54 Å². The third kappa shape index (κ3) is 3.23. The second kappa shape index (κ2) is 6.33. The lowest BCUT2D eigenvalue weighted by Crippen LogP contribution is -2.48. The molecular formula is C13H22ClN3S. The van der Waals surface area contributed by atoms with Gasteiger partial charge in [0, 0.05) is 49.2 Å². The molecule has 1 aliphatic heterocycles. The lowest BCUT2D eigenvalue weighted by atomic mass is 9.86. The Hall–Kier alpha value is -0.160. The molecule has 0 amide bonds. The zero-order valence-electron chi connectivity index (χ0n) is 10.9. The van der Waals surface area contributed by atoms with Crippen molar-refractivity contribution in [3.63, 3.8) is 0 Å². The molecule has 1 aromatic heterocycles. The van der Waals surface area contributed by atoms with Crippen molar-refractivity contribution in [1.29, 1.82) is 0 Å². The van der Waals surface area contributed by atoms with Gasteiger partial charge in [0.1, 0.15) is 0 Å². The number of hydrogen-bond acceptors (Lipinski definition) is 4. The molecule has 0 radical (unpaired) electrons. The van der Waals surface area contributed by atoms with E-state index in [2.05, 4.69) is 28.3 Å². The summed E-state index contributed by atoms with van der Waals surface area (Å²) >= 11 is 1.94. The first-order valence-corrected chi connectivity index (χ1v) is 7.53. The quantitative estimate of drug-likeness (QED) is 0.926. The SMILES string of the molecule is CC1CN(Cc2cnc(C3CCC3)s2)CCN1.Cl. The predicted molar refractivity (Wildman–Crippen MR) is 78.7 cm³/mol. The molecular weight excluding hydrogens is 266 g/mol. The molecule has 1 atom stereocenters. The average Bonchev–Trinajstić information content (AvgIpc) is 2.63. The number of hydrogen-bond donors (Lipinski definition) is 1. The molecule has 1 aromatic rings. The molecule has 2 aliphatic rings. The molecule has 0 bridgehead atoms. The molecule has 0 aromatic carbocycles. The highest BCUT2D eigenvalue weighted by molar-refractivity contribution is 7.11. The third-order valence-electron chi connectivity index (χ3n) is 3.86. The van der Waals surface area contributed by atoms with Gasteiger partial charge in [-0.05, 0) is 19.8 Å². The van der Waals surface area contributed by atoms with Crippen molar-refractivity contribution in [2.45, 2.75) is 44.7 Å². The third-order valence-corrected chi connectivity index (χ3v) is 5.00. The van der Waals surface area contributed by atoms with Crippen LogP contribution in [-0.4, -0.2) is 35.6 Å². The Morgan fingerprint density at radius 3 is 3.00 bits per heavy atom. The van der Waals surface area contributed by atoms with Crippen LogP contribution in [0.5, 0.6) is 0 Å². The van der Waals surface area contributed by atoms with Gasteiger partial charge in [0.25, 0.3) is 0 Å². The van der Waals surface area contributed by atoms with E-state index in [0.717, 1.165) is 25.6 Å². The van der Waals surface area contributed by atoms with Gasteiger partial charge in [0.05, 0.1) is 5.01 Å². The van der Waals surface area contributed by atoms with Gasteiger partial charge in [-0.2, -0.15) is 0 Å². The minimum atomic E-state index is 0. The van der Waals surface area contributed by atoms with Gasteiger partial charge in [0.15, 0.2) is 0 Å². The summed E-state index contributed by atoms with van der Waals surface area (Å²) < 4.78 is 0. The van der Waals surface area contributed by atoms with E-state index < -0.39 is 0 Å². The summed E-state index contributed by atoms with van der Waals surface area (Å²) in [5.74, 6) is 0.788. The van der Waals surface area contributed by atoms with Crippen LogP contribution in [0.15, 0.2) is 6.20 Å². The van der Waals surface area contributed by atoms with E-state index >= 15 is 0 Å². The van der Waals surface area contributed by atoms with Crippen molar-refractivity contribution in [2.24, 2.45) is 0 Å². The summed E-state index contributed by atoms with van der Waals surface area (Å²) in [6.45, 7) is 6.81. The largest absolute Gasteiger partial charge is 0.312 e. The number of nitrogens with one attached hydrogen (secondary N) is 1. The van der Waals surface area contributed by atoms with Crippen molar-refractivity contribution in [3.8, 4) is 0 Å². The van der Waals surface area contributed by atoms with Crippen molar-refractivity contribution < 1.29 is 0 Å². The molecule has 0 spiro atoms. The van der Waals surface area contributed by atoms with Gasteiger partial charge in [0.2, 0.25) is 0 Å². The lowest BCUT2D eigenvalue weighted by Gasteiger charge is -2.31. The maximum absolute atomic E-state index is 4.60. The van der Waals surface area contributed by atoms with Crippen molar-refractivity contribution >= 4 is 23.7 Å². The molecule has 2 heterocycles. The summed E-state index contributed by atoms with van der Waals surface area (Å²) in [5.41, 5.74) is 0. The number of thiazole rings is 1. The van der Waals surface area contributed by atoms with Gasteiger partial charge in [-0.1, -0.05) is 6.42 Å². The van der Waals surface area contributed by atoms with E-state index in [1.54, 1.807) is 0 Å². The van der Waals surface area contributed by atoms with Gasteiger partial charge in [-0.15, -0.1) is 23.7 Å². The van der Waals surface area contributed by atoms with Crippen molar-refractivity contribution in [1.82, 2.24) is 15.2 Å². The number of aromatic nitrogens is 1. The van der Waals surface area contributed by atoms with Crippen LogP contribution in [0, 0.1) is 0 Å². The van der Waals surface area contributed by atoms with Crippen LogP contribution in [0.1, 0.15) is 42.0 Å². The average molecular weight is 288 g/mol. The Kier molecular flexibility index (Phi) is 5.01. The summed E-state index contributed by atoms with van der Waals surface area (Å²) in [7, 11) is 0.